The largest absolute Gasteiger partial charge is 0.480 e. The molecule has 1 amide bonds. The van der Waals surface area contributed by atoms with Gasteiger partial charge in [0, 0.05) is 23.1 Å². The molecule has 0 saturated carbocycles. The molecule has 3 aromatic carbocycles. The smallest absolute Gasteiger partial charge is 0.326 e. The number of tetrazole rings is 1. The van der Waals surface area contributed by atoms with E-state index in [0.29, 0.717) is 64.1 Å². The van der Waals surface area contributed by atoms with E-state index in [1.165, 1.54) is 0 Å². The van der Waals surface area contributed by atoms with Crippen molar-refractivity contribution >= 4 is 51.9 Å². The number of nitrogen functional groups attached to an aromatic ring is 2. The lowest BCUT2D eigenvalue weighted by atomic mass is 9.97. The zero-order valence-corrected chi connectivity index (χ0v) is 25.7. The number of carbonyl (C=O) groups is 3. The molecule has 0 spiro atoms. The number of rotatable bonds is 13. The molecule has 46 heavy (non-hydrogen) atoms. The van der Waals surface area contributed by atoms with Crippen molar-refractivity contribution in [3.63, 3.8) is 0 Å². The summed E-state index contributed by atoms with van der Waals surface area (Å²) in [5.41, 5.74) is 16.4. The van der Waals surface area contributed by atoms with Crippen molar-refractivity contribution in [2.45, 2.75) is 51.5 Å². The summed E-state index contributed by atoms with van der Waals surface area (Å²) in [6.45, 7) is 1.90. The Hall–Kier alpha value is -5.43. The van der Waals surface area contributed by atoms with Crippen molar-refractivity contribution in [1.82, 2.24) is 35.9 Å². The minimum absolute atomic E-state index is 0.0787. The number of unbranched alkanes of at least 4 members (excludes halogenated alkanes) is 1. The van der Waals surface area contributed by atoms with E-state index in [4.69, 9.17) is 23.1 Å². The van der Waals surface area contributed by atoms with Crippen LogP contribution >= 0.6 is 11.6 Å². The molecule has 2 aromatic heterocycles. The van der Waals surface area contributed by atoms with Crippen LogP contribution in [-0.4, -0.2) is 59.4 Å². The van der Waals surface area contributed by atoms with E-state index in [0.717, 1.165) is 16.7 Å². The summed E-state index contributed by atoms with van der Waals surface area (Å²) in [7, 11) is 0. The van der Waals surface area contributed by atoms with Gasteiger partial charge in [0.05, 0.1) is 15.9 Å². The fourth-order valence-corrected chi connectivity index (χ4v) is 5.55. The number of aryl methyl sites for hydroxylation is 3. The Kier molecular flexibility index (Phi) is 9.82. The number of nitrogens with zero attached hydrogens (tertiary/aromatic N) is 5. The SMILES string of the molecule is Cc1ccc(C(=O)CCCC[C@H](NC(=O)c2ccc(CCc3ccc4nc(N)nc(N)c4c3Cl)cc2)C(=O)O)c(-c2nn[nH]n2)c1. The Balaban J connectivity index is 1.13. The highest BCUT2D eigenvalue weighted by molar-refractivity contribution is 6.37. The molecule has 0 fully saturated rings. The summed E-state index contributed by atoms with van der Waals surface area (Å²) >= 11 is 6.60. The monoisotopic (exact) mass is 641 g/mol. The number of nitrogens with two attached hydrogens (primary N) is 2. The molecule has 5 rings (SSSR count). The molecule has 0 aliphatic carbocycles. The number of aliphatic carboxylic acids is 1. The van der Waals surface area contributed by atoms with E-state index in [1.54, 1.807) is 24.3 Å². The summed E-state index contributed by atoms with van der Waals surface area (Å²) < 4.78 is 0. The van der Waals surface area contributed by atoms with Crippen LogP contribution in [-0.2, 0) is 17.6 Å². The molecule has 2 heterocycles. The summed E-state index contributed by atoms with van der Waals surface area (Å²) in [5, 5.41) is 27.3. The van der Waals surface area contributed by atoms with Crippen LogP contribution in [0.1, 0.15) is 63.1 Å². The number of benzene rings is 3. The van der Waals surface area contributed by atoms with Crippen molar-refractivity contribution in [3.05, 3.63) is 87.4 Å². The maximum absolute atomic E-state index is 13.0. The van der Waals surface area contributed by atoms with E-state index in [1.807, 2.05) is 37.3 Å². The van der Waals surface area contributed by atoms with Crippen LogP contribution in [0.3, 0.4) is 0 Å². The first-order valence-electron chi connectivity index (χ1n) is 14.6. The number of carboxylic acids is 1. The van der Waals surface area contributed by atoms with Gasteiger partial charge in [-0.1, -0.05) is 53.9 Å². The molecule has 0 bridgehead atoms. The summed E-state index contributed by atoms with van der Waals surface area (Å²) in [5.74, 6) is -1.12. The van der Waals surface area contributed by atoms with Gasteiger partial charge in [-0.2, -0.15) is 10.2 Å². The van der Waals surface area contributed by atoms with Gasteiger partial charge in [0.15, 0.2) is 5.78 Å². The molecule has 0 saturated heterocycles. The van der Waals surface area contributed by atoms with E-state index >= 15 is 0 Å². The highest BCUT2D eigenvalue weighted by atomic mass is 35.5. The van der Waals surface area contributed by atoms with Crippen LogP contribution in [0.5, 0.6) is 0 Å². The van der Waals surface area contributed by atoms with Gasteiger partial charge in [0.1, 0.15) is 11.9 Å². The average molecular weight is 642 g/mol. The summed E-state index contributed by atoms with van der Waals surface area (Å²) in [6, 6.07) is 14.9. The number of halogens is 1. The molecule has 7 N–H and O–H groups in total. The molecule has 236 valence electrons. The van der Waals surface area contributed by atoms with Crippen LogP contribution in [0.2, 0.25) is 5.02 Å². The Morgan fingerprint density at radius 1 is 1.00 bits per heavy atom. The normalized spacial score (nSPS) is 11.8. The predicted octanol–water partition coefficient (Wildman–Crippen LogP) is 4.35. The Labute approximate surface area is 268 Å². The fourth-order valence-electron chi connectivity index (χ4n) is 5.20. The standard InChI is InChI=1S/C32H32ClN9O4/c1-17-6-14-21(22(16-17)29-39-41-42-40-29)25(43)5-3-2-4-24(31(45)46)36-30(44)20-11-8-18(9-12-20)7-10-19-13-15-23-26(27(19)33)28(34)38-32(35)37-23/h6,8-9,11-16,24H,2-5,7,10H2,1H3,(H,36,44)(H,45,46)(H4,34,35,37,38)(H,39,40,41,42)/t24-/m0/s1. The number of carboxylic acid groups (broad SMARTS) is 1. The number of aromatic nitrogens is 6. The maximum atomic E-state index is 13.0. The Bertz CT molecular complexity index is 1900. The Morgan fingerprint density at radius 2 is 1.78 bits per heavy atom. The minimum atomic E-state index is -1.14. The third kappa shape index (κ3) is 7.44. The van der Waals surface area contributed by atoms with Crippen LogP contribution in [0.25, 0.3) is 22.3 Å². The second kappa shape index (κ2) is 14.1. The van der Waals surface area contributed by atoms with Crippen LogP contribution in [0.15, 0.2) is 54.6 Å². The minimum Gasteiger partial charge on any atom is -0.480 e. The van der Waals surface area contributed by atoms with E-state index in [2.05, 4.69) is 35.9 Å². The van der Waals surface area contributed by atoms with E-state index in [9.17, 15) is 19.5 Å². The lowest BCUT2D eigenvalue weighted by Crippen LogP contribution is -2.40. The average Bonchev–Trinajstić information content (AvgIpc) is 3.57. The van der Waals surface area contributed by atoms with E-state index in [-0.39, 0.29) is 30.4 Å². The molecule has 1 atom stereocenters. The third-order valence-electron chi connectivity index (χ3n) is 7.64. The number of hydrogen-bond donors (Lipinski definition) is 5. The van der Waals surface area contributed by atoms with Crippen molar-refractivity contribution in [1.29, 1.82) is 0 Å². The van der Waals surface area contributed by atoms with Crippen LogP contribution in [0.4, 0.5) is 11.8 Å². The van der Waals surface area contributed by atoms with Gasteiger partial charge < -0.3 is 21.9 Å². The first-order chi connectivity index (χ1) is 22.1. The van der Waals surface area contributed by atoms with Gasteiger partial charge in [-0.05, 0) is 73.2 Å². The lowest BCUT2D eigenvalue weighted by Gasteiger charge is -2.15. The molecule has 0 aliphatic rings. The van der Waals surface area contributed by atoms with Crippen molar-refractivity contribution < 1.29 is 19.5 Å². The van der Waals surface area contributed by atoms with Crippen LogP contribution in [0, 0.1) is 6.92 Å². The van der Waals surface area contributed by atoms with Gasteiger partial charge in [0.25, 0.3) is 5.91 Å². The number of fused-ring (bicyclic) bond motifs is 1. The van der Waals surface area contributed by atoms with Gasteiger partial charge in [0.2, 0.25) is 11.8 Å². The number of nitrogens with one attached hydrogen (secondary N) is 2. The lowest BCUT2D eigenvalue weighted by molar-refractivity contribution is -0.139. The molecular weight excluding hydrogens is 610 g/mol. The molecule has 14 heteroatoms. The van der Waals surface area contributed by atoms with Crippen molar-refractivity contribution in [2.75, 3.05) is 11.5 Å². The zero-order valence-electron chi connectivity index (χ0n) is 25.0. The molecule has 13 nitrogen and oxygen atoms in total. The second-order valence-electron chi connectivity index (χ2n) is 10.9. The third-order valence-corrected chi connectivity index (χ3v) is 8.07. The number of anilines is 2. The van der Waals surface area contributed by atoms with Crippen LogP contribution < -0.4 is 16.8 Å². The van der Waals surface area contributed by atoms with Gasteiger partial charge in [-0.15, -0.1) is 10.2 Å². The number of H-pyrrole nitrogens is 1. The zero-order chi connectivity index (χ0) is 32.8. The van der Waals surface area contributed by atoms with Gasteiger partial charge in [-0.25, -0.2) is 9.78 Å². The van der Waals surface area contributed by atoms with Crippen molar-refractivity contribution in [3.8, 4) is 11.4 Å². The topological polar surface area (TPSA) is 216 Å². The predicted molar refractivity (Wildman–Crippen MR) is 173 cm³/mol. The summed E-state index contributed by atoms with van der Waals surface area (Å²) in [6.07, 6.45) is 2.49. The maximum Gasteiger partial charge on any atom is 0.326 e. The molecule has 0 aliphatic heterocycles. The quantitative estimate of drug-likeness (QED) is 0.0899. The number of aromatic amines is 1. The number of Topliss-reactive ketones (excluding diaryl/α,β-unsaturated/α-hetero) is 1. The van der Waals surface area contributed by atoms with Crippen molar-refractivity contribution in [2.24, 2.45) is 0 Å². The number of carbonyl (C=O) groups excluding carboxylic acids is 2. The van der Waals surface area contributed by atoms with Gasteiger partial charge in [-0.3, -0.25) is 9.59 Å². The Morgan fingerprint density at radius 3 is 2.50 bits per heavy atom. The highest BCUT2D eigenvalue weighted by Gasteiger charge is 2.21. The van der Waals surface area contributed by atoms with Gasteiger partial charge >= 0.3 is 5.97 Å². The van der Waals surface area contributed by atoms with E-state index < -0.39 is 17.9 Å². The summed E-state index contributed by atoms with van der Waals surface area (Å²) in [4.78, 5) is 45.9. The molecular formula is C32H32ClN9O4. The number of hydrogen-bond acceptors (Lipinski definition) is 10. The first kappa shape index (κ1) is 32.0. The molecule has 0 unspecified atom stereocenters. The number of ketones is 1. The number of amides is 1. The highest BCUT2D eigenvalue weighted by Crippen LogP contribution is 2.31. The molecule has 5 aromatic rings. The first-order valence-corrected chi connectivity index (χ1v) is 15.0. The fraction of sp³-hybridized carbons (Fsp3) is 0.250. The second-order valence-corrected chi connectivity index (χ2v) is 11.3. The molecule has 0 radical (unpaired) electrons.